The predicted molar refractivity (Wildman–Crippen MR) is 80.2 cm³/mol. The van der Waals surface area contributed by atoms with E-state index in [1.54, 1.807) is 0 Å². The van der Waals surface area contributed by atoms with Gasteiger partial charge in [0, 0.05) is 12.6 Å². The quantitative estimate of drug-likeness (QED) is 0.898. The number of hydrogen-bond donors (Lipinski definition) is 1. The topological polar surface area (TPSA) is 29.3 Å². The van der Waals surface area contributed by atoms with Gasteiger partial charge in [0.15, 0.2) is 0 Å². The second-order valence-electron chi connectivity index (χ2n) is 6.41. The van der Waals surface area contributed by atoms with Crippen LogP contribution >= 0.6 is 0 Å². The van der Waals surface area contributed by atoms with Crippen molar-refractivity contribution in [1.29, 1.82) is 0 Å². The first-order valence-electron chi connectivity index (χ1n) is 7.82. The minimum Gasteiger partial charge on any atom is -0.329 e. The standard InChI is InChI=1S/C17H26N2/c1-13-8-10-19(11-9-13)17(12-18)16-6-4-15(5-7-16)14-2-3-14/h4-7,13-14,17H,2-3,8-12,18H2,1H3. The Balaban J connectivity index is 1.70. The van der Waals surface area contributed by atoms with Crippen LogP contribution in [-0.4, -0.2) is 24.5 Å². The van der Waals surface area contributed by atoms with Gasteiger partial charge in [-0.1, -0.05) is 31.2 Å². The van der Waals surface area contributed by atoms with E-state index in [2.05, 4.69) is 36.1 Å². The summed E-state index contributed by atoms with van der Waals surface area (Å²) in [5.74, 6) is 1.73. The summed E-state index contributed by atoms with van der Waals surface area (Å²) in [5, 5.41) is 0. The normalized spacial score (nSPS) is 23.5. The molecule has 1 aliphatic carbocycles. The van der Waals surface area contributed by atoms with Gasteiger partial charge in [-0.3, -0.25) is 4.90 Å². The van der Waals surface area contributed by atoms with Gasteiger partial charge in [-0.2, -0.15) is 0 Å². The summed E-state index contributed by atoms with van der Waals surface area (Å²) in [6.45, 7) is 5.50. The molecule has 2 nitrogen and oxygen atoms in total. The van der Waals surface area contributed by atoms with Crippen LogP contribution in [0.15, 0.2) is 24.3 Å². The van der Waals surface area contributed by atoms with Crippen LogP contribution in [0.4, 0.5) is 0 Å². The van der Waals surface area contributed by atoms with Crippen molar-refractivity contribution >= 4 is 0 Å². The van der Waals surface area contributed by atoms with E-state index in [0.29, 0.717) is 6.04 Å². The molecule has 0 spiro atoms. The van der Waals surface area contributed by atoms with E-state index in [1.807, 2.05) is 0 Å². The van der Waals surface area contributed by atoms with Crippen molar-refractivity contribution in [2.45, 2.75) is 44.6 Å². The SMILES string of the molecule is CC1CCN(C(CN)c2ccc(C3CC3)cc2)CC1. The minimum absolute atomic E-state index is 0.417. The average molecular weight is 258 g/mol. The Hall–Kier alpha value is -0.860. The zero-order chi connectivity index (χ0) is 13.2. The van der Waals surface area contributed by atoms with Crippen LogP contribution in [0.5, 0.6) is 0 Å². The highest BCUT2D eigenvalue weighted by Crippen LogP contribution is 2.40. The van der Waals surface area contributed by atoms with E-state index in [1.165, 1.54) is 49.9 Å². The van der Waals surface area contributed by atoms with Crippen molar-refractivity contribution in [1.82, 2.24) is 4.90 Å². The highest BCUT2D eigenvalue weighted by atomic mass is 15.2. The summed E-state index contributed by atoms with van der Waals surface area (Å²) in [7, 11) is 0. The van der Waals surface area contributed by atoms with E-state index in [4.69, 9.17) is 5.73 Å². The second kappa shape index (κ2) is 5.64. The third-order valence-electron chi connectivity index (χ3n) is 4.85. The lowest BCUT2D eigenvalue weighted by Gasteiger charge is -2.36. The summed E-state index contributed by atoms with van der Waals surface area (Å²) in [6, 6.07) is 9.68. The molecule has 19 heavy (non-hydrogen) atoms. The fourth-order valence-corrected chi connectivity index (χ4v) is 3.24. The molecule has 0 amide bonds. The van der Waals surface area contributed by atoms with Gasteiger partial charge in [0.25, 0.3) is 0 Å². The molecule has 1 unspecified atom stereocenters. The van der Waals surface area contributed by atoms with Crippen molar-refractivity contribution in [3.8, 4) is 0 Å². The van der Waals surface area contributed by atoms with Gasteiger partial charge in [-0.15, -0.1) is 0 Å². The Bertz CT molecular complexity index is 400. The molecule has 0 aromatic heterocycles. The predicted octanol–water partition coefficient (Wildman–Crippen LogP) is 3.30. The van der Waals surface area contributed by atoms with Gasteiger partial charge >= 0.3 is 0 Å². The smallest absolute Gasteiger partial charge is 0.0470 e. The van der Waals surface area contributed by atoms with Crippen molar-refractivity contribution in [3.05, 3.63) is 35.4 Å². The summed E-state index contributed by atoms with van der Waals surface area (Å²) < 4.78 is 0. The lowest BCUT2D eigenvalue weighted by atomic mass is 9.95. The van der Waals surface area contributed by atoms with Crippen LogP contribution in [-0.2, 0) is 0 Å². The monoisotopic (exact) mass is 258 g/mol. The Morgan fingerprint density at radius 2 is 1.74 bits per heavy atom. The number of likely N-dealkylation sites (tertiary alicyclic amines) is 1. The highest BCUT2D eigenvalue weighted by molar-refractivity contribution is 5.30. The zero-order valence-electron chi connectivity index (χ0n) is 12.0. The van der Waals surface area contributed by atoms with Gasteiger partial charge in [0.1, 0.15) is 0 Å². The molecular weight excluding hydrogens is 232 g/mol. The molecule has 1 aromatic carbocycles. The molecule has 1 heterocycles. The van der Waals surface area contributed by atoms with Crippen molar-refractivity contribution in [3.63, 3.8) is 0 Å². The molecule has 0 radical (unpaired) electrons. The Kier molecular flexibility index (Phi) is 3.90. The summed E-state index contributed by atoms with van der Waals surface area (Å²) in [5.41, 5.74) is 8.96. The molecule has 1 atom stereocenters. The lowest BCUT2D eigenvalue weighted by molar-refractivity contribution is 0.141. The summed E-state index contributed by atoms with van der Waals surface area (Å²) >= 11 is 0. The number of hydrogen-bond acceptors (Lipinski definition) is 2. The Morgan fingerprint density at radius 1 is 1.11 bits per heavy atom. The molecular formula is C17H26N2. The van der Waals surface area contributed by atoms with E-state index in [9.17, 15) is 0 Å². The fourth-order valence-electron chi connectivity index (χ4n) is 3.24. The molecule has 1 aromatic rings. The lowest BCUT2D eigenvalue weighted by Crippen LogP contribution is -2.39. The van der Waals surface area contributed by atoms with E-state index < -0.39 is 0 Å². The molecule has 2 N–H and O–H groups in total. The van der Waals surface area contributed by atoms with E-state index >= 15 is 0 Å². The average Bonchev–Trinajstić information content (AvgIpc) is 3.27. The zero-order valence-corrected chi connectivity index (χ0v) is 12.0. The first kappa shape index (κ1) is 13.1. The highest BCUT2D eigenvalue weighted by Gasteiger charge is 2.25. The van der Waals surface area contributed by atoms with Crippen LogP contribution < -0.4 is 5.73 Å². The Labute approximate surface area is 117 Å². The second-order valence-corrected chi connectivity index (χ2v) is 6.41. The molecule has 2 fully saturated rings. The third-order valence-corrected chi connectivity index (χ3v) is 4.85. The van der Waals surface area contributed by atoms with Crippen molar-refractivity contribution in [2.24, 2.45) is 11.7 Å². The van der Waals surface area contributed by atoms with Crippen LogP contribution in [0.1, 0.15) is 55.7 Å². The minimum atomic E-state index is 0.417. The summed E-state index contributed by atoms with van der Waals surface area (Å²) in [6.07, 6.45) is 5.39. The van der Waals surface area contributed by atoms with Crippen LogP contribution in [0, 0.1) is 5.92 Å². The van der Waals surface area contributed by atoms with Gasteiger partial charge in [0.05, 0.1) is 0 Å². The third kappa shape index (κ3) is 3.01. The molecule has 104 valence electrons. The molecule has 1 saturated heterocycles. The first-order chi connectivity index (χ1) is 9.28. The summed E-state index contributed by atoms with van der Waals surface area (Å²) in [4.78, 5) is 2.58. The van der Waals surface area contributed by atoms with Crippen molar-refractivity contribution in [2.75, 3.05) is 19.6 Å². The number of piperidine rings is 1. The molecule has 1 saturated carbocycles. The number of benzene rings is 1. The van der Waals surface area contributed by atoms with Gasteiger partial charge in [-0.05, 0) is 61.7 Å². The number of rotatable bonds is 4. The maximum absolute atomic E-state index is 6.04. The van der Waals surface area contributed by atoms with Crippen LogP contribution in [0.3, 0.4) is 0 Å². The largest absolute Gasteiger partial charge is 0.329 e. The van der Waals surface area contributed by atoms with Crippen LogP contribution in [0.25, 0.3) is 0 Å². The van der Waals surface area contributed by atoms with E-state index in [-0.39, 0.29) is 0 Å². The number of nitrogens with zero attached hydrogens (tertiary/aromatic N) is 1. The fraction of sp³-hybridized carbons (Fsp3) is 0.647. The van der Waals surface area contributed by atoms with E-state index in [0.717, 1.165) is 18.4 Å². The molecule has 1 aliphatic heterocycles. The Morgan fingerprint density at radius 3 is 2.26 bits per heavy atom. The molecule has 2 aliphatic rings. The number of nitrogens with two attached hydrogens (primary N) is 1. The van der Waals surface area contributed by atoms with Crippen molar-refractivity contribution < 1.29 is 0 Å². The maximum atomic E-state index is 6.04. The maximum Gasteiger partial charge on any atom is 0.0470 e. The van der Waals surface area contributed by atoms with Gasteiger partial charge in [-0.25, -0.2) is 0 Å². The van der Waals surface area contributed by atoms with Gasteiger partial charge < -0.3 is 5.73 Å². The molecule has 0 bridgehead atoms. The molecule has 3 rings (SSSR count). The first-order valence-corrected chi connectivity index (χ1v) is 7.82. The van der Waals surface area contributed by atoms with Crippen LogP contribution in [0.2, 0.25) is 0 Å². The van der Waals surface area contributed by atoms with Gasteiger partial charge in [0.2, 0.25) is 0 Å². The molecule has 2 heteroatoms.